The lowest BCUT2D eigenvalue weighted by Gasteiger charge is -2.16. The van der Waals surface area contributed by atoms with Gasteiger partial charge in [0.2, 0.25) is 10.0 Å². The normalized spacial score (nSPS) is 17.0. The molecule has 0 unspecified atom stereocenters. The highest BCUT2D eigenvalue weighted by atomic mass is 32.2. The van der Waals surface area contributed by atoms with Gasteiger partial charge < -0.3 is 0 Å². The van der Waals surface area contributed by atoms with Gasteiger partial charge in [-0.25, -0.2) is 8.42 Å². The van der Waals surface area contributed by atoms with Crippen LogP contribution in [-0.2, 0) is 10.0 Å². The molecule has 0 fully saturated rings. The van der Waals surface area contributed by atoms with Gasteiger partial charge in [-0.05, 0) is 36.2 Å². The molecule has 0 spiro atoms. The van der Waals surface area contributed by atoms with E-state index in [-0.39, 0.29) is 0 Å². The van der Waals surface area contributed by atoms with Crippen LogP contribution in [0.2, 0.25) is 25.7 Å². The Bertz CT molecular complexity index is 769. The lowest BCUT2D eigenvalue weighted by molar-refractivity contribution is 0.483. The molecule has 1 aromatic carbocycles. The van der Waals surface area contributed by atoms with Crippen LogP contribution in [0.4, 0.5) is 0 Å². The van der Waals surface area contributed by atoms with Crippen LogP contribution < -0.4 is 0 Å². The van der Waals surface area contributed by atoms with E-state index in [1.54, 1.807) is 18.2 Å². The summed E-state index contributed by atoms with van der Waals surface area (Å²) in [5, 5.41) is 0. The Kier molecular flexibility index (Phi) is 5.68. The number of aryl methyl sites for hydroxylation is 1. The van der Waals surface area contributed by atoms with Crippen molar-refractivity contribution in [1.29, 1.82) is 0 Å². The van der Waals surface area contributed by atoms with E-state index in [9.17, 15) is 8.42 Å². The molecule has 0 amide bonds. The third-order valence-corrected chi connectivity index (χ3v) is 7.33. The molecule has 24 heavy (non-hydrogen) atoms. The third kappa shape index (κ3) is 4.56. The van der Waals surface area contributed by atoms with E-state index in [1.165, 1.54) is 4.31 Å². The molecule has 0 saturated carbocycles. The summed E-state index contributed by atoms with van der Waals surface area (Å²) >= 11 is 0. The number of allylic oxidation sites excluding steroid dienone is 1. The maximum Gasteiger partial charge on any atom is 0.243 e. The molecule has 1 aliphatic rings. The Morgan fingerprint density at radius 1 is 1.12 bits per heavy atom. The molecule has 2 rings (SSSR count). The van der Waals surface area contributed by atoms with Crippen molar-refractivity contribution < 1.29 is 8.42 Å². The molecule has 1 aromatic rings. The molecule has 130 valence electrons. The van der Waals surface area contributed by atoms with E-state index < -0.39 is 18.1 Å². The van der Waals surface area contributed by atoms with Crippen LogP contribution in [0.5, 0.6) is 0 Å². The van der Waals surface area contributed by atoms with Gasteiger partial charge in [-0.3, -0.25) is 0 Å². The number of hydrogen-bond acceptors (Lipinski definition) is 2. The van der Waals surface area contributed by atoms with Crippen molar-refractivity contribution in [2.45, 2.75) is 37.5 Å². The van der Waals surface area contributed by atoms with Gasteiger partial charge in [0.15, 0.2) is 0 Å². The number of nitrogens with zero attached hydrogens (tertiary/aromatic N) is 1. The minimum absolute atomic E-state index is 0.351. The van der Waals surface area contributed by atoms with E-state index in [0.717, 1.165) is 22.8 Å². The second kappa shape index (κ2) is 7.21. The van der Waals surface area contributed by atoms with E-state index >= 15 is 0 Å². The van der Waals surface area contributed by atoms with Crippen molar-refractivity contribution in [3.05, 3.63) is 65.8 Å². The lowest BCUT2D eigenvalue weighted by Crippen LogP contribution is -2.29. The Morgan fingerprint density at radius 3 is 2.25 bits per heavy atom. The van der Waals surface area contributed by atoms with Crippen molar-refractivity contribution >= 4 is 18.1 Å². The average molecular weight is 362 g/mol. The molecule has 5 heteroatoms. The molecule has 0 bridgehead atoms. The fraction of sp³-hybridized carbons (Fsp3) is 0.368. The summed E-state index contributed by atoms with van der Waals surface area (Å²) < 4.78 is 27.2. The van der Waals surface area contributed by atoms with Gasteiger partial charge in [-0.2, -0.15) is 4.31 Å². The zero-order valence-electron chi connectivity index (χ0n) is 15.0. The maximum absolute atomic E-state index is 12.8. The molecule has 0 atom stereocenters. The van der Waals surface area contributed by atoms with Crippen LogP contribution in [0.3, 0.4) is 0 Å². The van der Waals surface area contributed by atoms with Crippen LogP contribution in [-0.4, -0.2) is 33.9 Å². The largest absolute Gasteiger partial charge is 0.243 e. The van der Waals surface area contributed by atoms with Crippen molar-refractivity contribution in [3.63, 3.8) is 0 Å². The second-order valence-corrected chi connectivity index (χ2v) is 15.0. The van der Waals surface area contributed by atoms with Crippen molar-refractivity contribution in [2.75, 3.05) is 13.1 Å². The molecule has 0 aliphatic carbocycles. The minimum atomic E-state index is -3.47. The summed E-state index contributed by atoms with van der Waals surface area (Å²) in [6.45, 7) is 13.6. The Labute approximate surface area is 147 Å². The Morgan fingerprint density at radius 2 is 1.71 bits per heavy atom. The van der Waals surface area contributed by atoms with Gasteiger partial charge in [0.1, 0.15) is 0 Å². The first-order valence-electron chi connectivity index (χ1n) is 8.21. The van der Waals surface area contributed by atoms with E-state index in [1.807, 2.05) is 19.1 Å². The van der Waals surface area contributed by atoms with Crippen LogP contribution in [0.25, 0.3) is 0 Å². The summed E-state index contributed by atoms with van der Waals surface area (Å²) in [6, 6.07) is 8.11. The van der Waals surface area contributed by atoms with Crippen molar-refractivity contribution in [1.82, 2.24) is 4.31 Å². The lowest BCUT2D eigenvalue weighted by atomic mass is 10.1. The predicted molar refractivity (Wildman–Crippen MR) is 104 cm³/mol. The topological polar surface area (TPSA) is 37.4 Å². The smallest absolute Gasteiger partial charge is 0.207 e. The SMILES string of the molecule is C=CC1=C(/C=C/C[Si](C)(C)C)CN(S(=O)(=O)c2ccc(C)cc2)C1. The summed E-state index contributed by atoms with van der Waals surface area (Å²) in [5.74, 6) is 0. The highest BCUT2D eigenvalue weighted by Crippen LogP contribution is 2.26. The fourth-order valence-corrected chi connectivity index (χ4v) is 4.80. The van der Waals surface area contributed by atoms with E-state index in [0.29, 0.717) is 18.0 Å². The first-order valence-corrected chi connectivity index (χ1v) is 13.4. The van der Waals surface area contributed by atoms with Gasteiger partial charge in [0.05, 0.1) is 4.90 Å². The van der Waals surface area contributed by atoms with Gasteiger partial charge in [-0.15, -0.1) is 0 Å². The first kappa shape index (κ1) is 18.9. The van der Waals surface area contributed by atoms with E-state index in [2.05, 4.69) is 38.4 Å². The molecule has 0 N–H and O–H groups in total. The minimum Gasteiger partial charge on any atom is -0.207 e. The van der Waals surface area contributed by atoms with Crippen LogP contribution in [0.1, 0.15) is 5.56 Å². The van der Waals surface area contributed by atoms with Gasteiger partial charge in [0.25, 0.3) is 0 Å². The predicted octanol–water partition coefficient (Wildman–Crippen LogP) is 4.38. The summed E-state index contributed by atoms with van der Waals surface area (Å²) in [7, 11) is -4.61. The fourth-order valence-electron chi connectivity index (χ4n) is 2.58. The summed E-state index contributed by atoms with van der Waals surface area (Å²) in [4.78, 5) is 0.351. The van der Waals surface area contributed by atoms with E-state index in [4.69, 9.17) is 0 Å². The van der Waals surface area contributed by atoms with Gasteiger partial charge in [-0.1, -0.05) is 62.1 Å². The molecule has 1 heterocycles. The summed E-state index contributed by atoms with van der Waals surface area (Å²) in [6.07, 6.45) is 6.05. The molecular weight excluding hydrogens is 334 g/mol. The molecule has 3 nitrogen and oxygen atoms in total. The van der Waals surface area contributed by atoms with Gasteiger partial charge >= 0.3 is 0 Å². The second-order valence-electron chi connectivity index (χ2n) is 7.51. The molecule has 1 aliphatic heterocycles. The first-order chi connectivity index (χ1) is 11.1. The van der Waals surface area contributed by atoms with Crippen LogP contribution >= 0.6 is 0 Å². The highest BCUT2D eigenvalue weighted by Gasteiger charge is 2.30. The third-order valence-electron chi connectivity index (χ3n) is 4.06. The Hall–Kier alpha value is -1.43. The Balaban J connectivity index is 2.19. The molecule has 0 aromatic heterocycles. The van der Waals surface area contributed by atoms with Crippen molar-refractivity contribution in [2.24, 2.45) is 0 Å². The monoisotopic (exact) mass is 361 g/mol. The van der Waals surface area contributed by atoms with Crippen LogP contribution in [0, 0.1) is 6.92 Å². The average Bonchev–Trinajstić information content (AvgIpc) is 2.90. The molecular formula is C19H27NO2SSi. The van der Waals surface area contributed by atoms with Gasteiger partial charge in [0, 0.05) is 21.2 Å². The van der Waals surface area contributed by atoms with Crippen molar-refractivity contribution in [3.8, 4) is 0 Å². The number of benzene rings is 1. The molecule has 0 radical (unpaired) electrons. The zero-order chi connectivity index (χ0) is 18.0. The number of sulfonamides is 1. The molecule has 0 saturated heterocycles. The quantitative estimate of drug-likeness (QED) is 0.705. The van der Waals surface area contributed by atoms with Crippen LogP contribution in [0.15, 0.2) is 65.1 Å². The maximum atomic E-state index is 12.8. The number of hydrogen-bond donors (Lipinski definition) is 0. The zero-order valence-corrected chi connectivity index (χ0v) is 16.9. The number of rotatable bonds is 6. The highest BCUT2D eigenvalue weighted by molar-refractivity contribution is 7.89. The summed E-state index contributed by atoms with van der Waals surface area (Å²) in [5.41, 5.74) is 3.10. The standard InChI is InChI=1S/C19H27NO2SSi/c1-6-17-14-20(15-18(17)8-7-13-24(3,4)5)23(21,22)19-11-9-16(2)10-12-19/h6-12H,1,13-15H2,2-5H3/b8-7+.